The molecule has 1 aliphatic carbocycles. The summed E-state index contributed by atoms with van der Waals surface area (Å²) in [6.45, 7) is 1.55. The van der Waals surface area contributed by atoms with Crippen molar-refractivity contribution < 1.29 is 14.6 Å². The number of rotatable bonds is 3. The van der Waals surface area contributed by atoms with Crippen LogP contribution < -0.4 is 4.74 Å². The van der Waals surface area contributed by atoms with Gasteiger partial charge in [0.25, 0.3) is 0 Å². The van der Waals surface area contributed by atoms with E-state index < -0.39 is 0 Å². The Hall–Kier alpha value is -1.51. The van der Waals surface area contributed by atoms with Gasteiger partial charge in [-0.2, -0.15) is 0 Å². The van der Waals surface area contributed by atoms with Crippen molar-refractivity contribution in [1.82, 2.24) is 0 Å². The maximum atomic E-state index is 11.7. The zero-order valence-corrected chi connectivity index (χ0v) is 11.0. The van der Waals surface area contributed by atoms with E-state index in [0.29, 0.717) is 17.2 Å². The molecule has 0 bridgehead atoms. The van der Waals surface area contributed by atoms with Crippen molar-refractivity contribution in [2.45, 2.75) is 44.9 Å². The Kier molecular flexibility index (Phi) is 3.90. The van der Waals surface area contributed by atoms with Crippen molar-refractivity contribution in [3.63, 3.8) is 0 Å². The molecule has 0 radical (unpaired) electrons. The van der Waals surface area contributed by atoms with Crippen LogP contribution >= 0.6 is 0 Å². The molecule has 0 aromatic heterocycles. The molecule has 0 saturated heterocycles. The average molecular weight is 248 g/mol. The van der Waals surface area contributed by atoms with Crippen LogP contribution in [0.1, 0.15) is 60.9 Å². The zero-order chi connectivity index (χ0) is 13.1. The van der Waals surface area contributed by atoms with Crippen LogP contribution in [0, 0.1) is 0 Å². The highest BCUT2D eigenvalue weighted by Gasteiger charge is 2.22. The minimum Gasteiger partial charge on any atom is -0.504 e. The molecule has 3 heteroatoms. The second-order valence-electron chi connectivity index (χ2n) is 5.00. The van der Waals surface area contributed by atoms with Crippen LogP contribution in [-0.4, -0.2) is 18.0 Å². The van der Waals surface area contributed by atoms with E-state index in [0.717, 1.165) is 18.4 Å². The van der Waals surface area contributed by atoms with Crippen molar-refractivity contribution in [1.29, 1.82) is 0 Å². The summed E-state index contributed by atoms with van der Waals surface area (Å²) in [4.78, 5) is 11.7. The predicted octanol–water partition coefficient (Wildman–Crippen LogP) is 3.65. The molecule has 18 heavy (non-hydrogen) atoms. The van der Waals surface area contributed by atoms with Gasteiger partial charge in [0.1, 0.15) is 0 Å². The summed E-state index contributed by atoms with van der Waals surface area (Å²) in [7, 11) is 1.53. The summed E-state index contributed by atoms with van der Waals surface area (Å²) >= 11 is 0. The monoisotopic (exact) mass is 248 g/mol. The van der Waals surface area contributed by atoms with E-state index in [9.17, 15) is 9.90 Å². The number of ketones is 1. The van der Waals surface area contributed by atoms with E-state index in [1.807, 2.05) is 6.07 Å². The van der Waals surface area contributed by atoms with Crippen LogP contribution in [0.3, 0.4) is 0 Å². The number of hydrogen-bond acceptors (Lipinski definition) is 3. The summed E-state index contributed by atoms with van der Waals surface area (Å²) in [6.07, 6.45) is 5.94. The molecule has 0 spiro atoms. The van der Waals surface area contributed by atoms with Crippen molar-refractivity contribution in [2.75, 3.05) is 7.11 Å². The molecule has 1 aromatic rings. The van der Waals surface area contributed by atoms with E-state index in [1.54, 1.807) is 13.0 Å². The SMILES string of the molecule is COc1cc(C2CCCCC2)c(C(C)=O)cc1O. The molecule has 1 fully saturated rings. The Morgan fingerprint density at radius 2 is 1.94 bits per heavy atom. The van der Waals surface area contributed by atoms with E-state index in [1.165, 1.54) is 26.4 Å². The second-order valence-corrected chi connectivity index (χ2v) is 5.00. The molecule has 0 aliphatic heterocycles. The number of benzene rings is 1. The van der Waals surface area contributed by atoms with Crippen LogP contribution in [0.5, 0.6) is 11.5 Å². The molecule has 1 N–H and O–H groups in total. The molecule has 0 atom stereocenters. The first-order chi connectivity index (χ1) is 8.63. The van der Waals surface area contributed by atoms with Crippen molar-refractivity contribution in [3.05, 3.63) is 23.3 Å². The van der Waals surface area contributed by atoms with Gasteiger partial charge in [0.15, 0.2) is 17.3 Å². The fraction of sp³-hybridized carbons (Fsp3) is 0.533. The summed E-state index contributed by atoms with van der Waals surface area (Å²) < 4.78 is 5.15. The smallest absolute Gasteiger partial charge is 0.160 e. The fourth-order valence-electron chi connectivity index (χ4n) is 2.80. The van der Waals surface area contributed by atoms with Crippen molar-refractivity contribution in [3.8, 4) is 11.5 Å². The first-order valence-corrected chi connectivity index (χ1v) is 6.55. The van der Waals surface area contributed by atoms with E-state index in [4.69, 9.17) is 4.74 Å². The van der Waals surface area contributed by atoms with Gasteiger partial charge in [-0.1, -0.05) is 19.3 Å². The van der Waals surface area contributed by atoms with Crippen LogP contribution in [0.4, 0.5) is 0 Å². The molecular formula is C15H20O3. The third-order valence-corrected chi connectivity index (χ3v) is 3.78. The number of ether oxygens (including phenoxy) is 1. The van der Waals surface area contributed by atoms with Crippen molar-refractivity contribution in [2.24, 2.45) is 0 Å². The first kappa shape index (κ1) is 12.9. The lowest BCUT2D eigenvalue weighted by molar-refractivity contribution is 0.101. The number of aromatic hydroxyl groups is 1. The molecule has 0 unspecified atom stereocenters. The van der Waals surface area contributed by atoms with Gasteiger partial charge >= 0.3 is 0 Å². The summed E-state index contributed by atoms with van der Waals surface area (Å²) in [5, 5.41) is 9.79. The molecule has 1 aliphatic rings. The lowest BCUT2D eigenvalue weighted by Crippen LogP contribution is -2.10. The molecular weight excluding hydrogens is 228 g/mol. The number of Topliss-reactive ketones (excluding diaryl/α,β-unsaturated/α-hetero) is 1. The fourth-order valence-corrected chi connectivity index (χ4v) is 2.80. The van der Waals surface area contributed by atoms with Crippen LogP contribution in [0.2, 0.25) is 0 Å². The van der Waals surface area contributed by atoms with Gasteiger partial charge in [-0.25, -0.2) is 0 Å². The topological polar surface area (TPSA) is 46.5 Å². The Balaban J connectivity index is 2.44. The highest BCUT2D eigenvalue weighted by atomic mass is 16.5. The third kappa shape index (κ3) is 2.50. The lowest BCUT2D eigenvalue weighted by atomic mass is 9.81. The standard InChI is InChI=1S/C15H20O3/c1-10(16)12-8-14(17)15(18-2)9-13(12)11-6-4-3-5-7-11/h8-9,11,17H,3-7H2,1-2H3. The average Bonchev–Trinajstić information content (AvgIpc) is 2.39. The van der Waals surface area contributed by atoms with Crippen LogP contribution in [0.15, 0.2) is 12.1 Å². The Morgan fingerprint density at radius 3 is 2.50 bits per heavy atom. The molecule has 1 aromatic carbocycles. The highest BCUT2D eigenvalue weighted by Crippen LogP contribution is 2.39. The third-order valence-electron chi connectivity index (χ3n) is 3.78. The Morgan fingerprint density at radius 1 is 1.28 bits per heavy atom. The number of carbonyl (C=O) groups is 1. The van der Waals surface area contributed by atoms with Crippen LogP contribution in [-0.2, 0) is 0 Å². The zero-order valence-electron chi connectivity index (χ0n) is 11.0. The maximum absolute atomic E-state index is 11.7. The minimum absolute atomic E-state index is 0.00789. The van der Waals surface area contributed by atoms with Gasteiger partial charge in [-0.3, -0.25) is 4.79 Å². The maximum Gasteiger partial charge on any atom is 0.160 e. The second kappa shape index (κ2) is 5.42. The van der Waals surface area contributed by atoms with E-state index >= 15 is 0 Å². The molecule has 0 amide bonds. The first-order valence-electron chi connectivity index (χ1n) is 6.55. The number of phenolic OH excluding ortho intramolecular Hbond substituents is 1. The summed E-state index contributed by atoms with van der Waals surface area (Å²) in [5.74, 6) is 0.934. The summed E-state index contributed by atoms with van der Waals surface area (Å²) in [6, 6.07) is 3.38. The normalized spacial score (nSPS) is 16.6. The summed E-state index contributed by atoms with van der Waals surface area (Å²) in [5.41, 5.74) is 1.68. The predicted molar refractivity (Wildman–Crippen MR) is 70.5 cm³/mol. The number of phenols is 1. The molecule has 2 rings (SSSR count). The molecule has 0 heterocycles. The van der Waals surface area contributed by atoms with Gasteiger partial charge in [-0.05, 0) is 43.4 Å². The van der Waals surface area contributed by atoms with Crippen molar-refractivity contribution >= 4 is 5.78 Å². The van der Waals surface area contributed by atoms with E-state index in [2.05, 4.69) is 0 Å². The molecule has 3 nitrogen and oxygen atoms in total. The number of hydrogen-bond donors (Lipinski definition) is 1. The highest BCUT2D eigenvalue weighted by molar-refractivity contribution is 5.96. The van der Waals surface area contributed by atoms with Gasteiger partial charge < -0.3 is 9.84 Å². The van der Waals surface area contributed by atoms with Gasteiger partial charge in [-0.15, -0.1) is 0 Å². The number of carbonyl (C=O) groups excluding carboxylic acids is 1. The Bertz CT molecular complexity index is 445. The largest absolute Gasteiger partial charge is 0.504 e. The van der Waals surface area contributed by atoms with E-state index in [-0.39, 0.29) is 11.5 Å². The van der Waals surface area contributed by atoms with Gasteiger partial charge in [0, 0.05) is 5.56 Å². The minimum atomic E-state index is 0.00789. The molecule has 1 saturated carbocycles. The Labute approximate surface area is 108 Å². The lowest BCUT2D eigenvalue weighted by Gasteiger charge is -2.24. The van der Waals surface area contributed by atoms with Gasteiger partial charge in [0.05, 0.1) is 7.11 Å². The van der Waals surface area contributed by atoms with Gasteiger partial charge in [0.2, 0.25) is 0 Å². The van der Waals surface area contributed by atoms with Crippen LogP contribution in [0.25, 0.3) is 0 Å². The quantitative estimate of drug-likeness (QED) is 0.830. The number of methoxy groups -OCH3 is 1. The molecule has 98 valence electrons.